The lowest BCUT2D eigenvalue weighted by Crippen LogP contribution is -2.55. The number of nitrogens with one attached hydrogen (secondary N) is 3. The van der Waals surface area contributed by atoms with Gasteiger partial charge in [-0.1, -0.05) is 38.1 Å². The van der Waals surface area contributed by atoms with Gasteiger partial charge in [-0.2, -0.15) is 0 Å². The lowest BCUT2D eigenvalue weighted by atomic mass is 9.50. The van der Waals surface area contributed by atoms with E-state index < -0.39 is 12.4 Å². The largest absolute Gasteiger partial charge is 0.387 e. The van der Waals surface area contributed by atoms with E-state index in [0.717, 1.165) is 25.2 Å². The number of fused-ring (bicyclic) bond motifs is 9. The normalized spacial score (nSPS) is 37.1. The summed E-state index contributed by atoms with van der Waals surface area (Å²) in [6.45, 7) is 9.18. The van der Waals surface area contributed by atoms with Gasteiger partial charge in [-0.3, -0.25) is 4.79 Å². The zero-order valence-electron chi connectivity index (χ0n) is 24.1. The third-order valence-electron chi connectivity index (χ3n) is 10.4. The van der Waals surface area contributed by atoms with Gasteiger partial charge in [0, 0.05) is 35.5 Å². The molecule has 5 aliphatic rings. The summed E-state index contributed by atoms with van der Waals surface area (Å²) in [5.74, 6) is 1.09. The van der Waals surface area contributed by atoms with Crippen LogP contribution in [0, 0.1) is 17.3 Å². The molecule has 3 heterocycles. The summed E-state index contributed by atoms with van der Waals surface area (Å²) < 4.78 is 13.6. The minimum atomic E-state index is -0.500. The number of para-hydroxylation sites is 1. The molecule has 1 aromatic carbocycles. The van der Waals surface area contributed by atoms with Gasteiger partial charge in [0.2, 0.25) is 5.91 Å². The Kier molecular flexibility index (Phi) is 6.73. The van der Waals surface area contributed by atoms with Crippen LogP contribution in [0.2, 0.25) is 0 Å². The van der Waals surface area contributed by atoms with Gasteiger partial charge in [0.1, 0.15) is 12.7 Å². The second-order valence-electron chi connectivity index (χ2n) is 13.1. The van der Waals surface area contributed by atoms with Crippen molar-refractivity contribution in [2.75, 3.05) is 20.2 Å². The molecular formula is C32H45N3O4. The van der Waals surface area contributed by atoms with E-state index in [1.165, 1.54) is 41.4 Å². The van der Waals surface area contributed by atoms with Gasteiger partial charge in [0.05, 0.1) is 11.6 Å². The molecule has 39 heavy (non-hydrogen) atoms. The molecule has 7 nitrogen and oxygen atoms in total. The minimum absolute atomic E-state index is 0.0775. The molecule has 1 amide bonds. The number of H-pyrrole nitrogens is 1. The molecule has 3 fully saturated rings. The van der Waals surface area contributed by atoms with Gasteiger partial charge >= 0.3 is 0 Å². The topological polar surface area (TPSA) is 95.6 Å². The first-order valence-corrected chi connectivity index (χ1v) is 14.9. The number of benzene rings is 1. The average Bonchev–Trinajstić information content (AvgIpc) is 3.54. The van der Waals surface area contributed by atoms with Crippen LogP contribution in [-0.2, 0) is 20.7 Å². The number of carbonyl (C=O) groups is 1. The van der Waals surface area contributed by atoms with Gasteiger partial charge in [-0.25, -0.2) is 0 Å². The predicted molar refractivity (Wildman–Crippen MR) is 152 cm³/mol. The van der Waals surface area contributed by atoms with Crippen molar-refractivity contribution >= 4 is 16.8 Å². The SMILES string of the molecule is CCCNC(=O)CO.CNC1C=C2C3CCC4Cc5c([nH]c6ccccc56)C4C3(C)CCC23OC1C(C)(C)O3. The average molecular weight is 536 g/mol. The van der Waals surface area contributed by atoms with Crippen molar-refractivity contribution in [3.05, 3.63) is 47.2 Å². The Balaban J connectivity index is 0.000000305. The zero-order valence-corrected chi connectivity index (χ0v) is 24.1. The number of hydrogen-bond donors (Lipinski definition) is 4. The van der Waals surface area contributed by atoms with Crippen molar-refractivity contribution in [3.8, 4) is 0 Å². The molecule has 3 aliphatic carbocycles. The van der Waals surface area contributed by atoms with Gasteiger partial charge in [0.25, 0.3) is 0 Å². The van der Waals surface area contributed by atoms with Crippen molar-refractivity contribution in [2.24, 2.45) is 17.3 Å². The zero-order chi connectivity index (χ0) is 27.6. The monoisotopic (exact) mass is 535 g/mol. The van der Waals surface area contributed by atoms with E-state index in [1.807, 2.05) is 6.92 Å². The lowest BCUT2D eigenvalue weighted by Gasteiger charge is -2.57. The quantitative estimate of drug-likeness (QED) is 0.431. The highest BCUT2D eigenvalue weighted by molar-refractivity contribution is 5.85. The highest BCUT2D eigenvalue weighted by Gasteiger charge is 2.66. The number of amides is 1. The van der Waals surface area contributed by atoms with Crippen molar-refractivity contribution < 1.29 is 19.4 Å². The van der Waals surface area contributed by atoms with Crippen molar-refractivity contribution in [1.82, 2.24) is 15.6 Å². The Morgan fingerprint density at radius 2 is 1.97 bits per heavy atom. The van der Waals surface area contributed by atoms with Crippen LogP contribution < -0.4 is 10.6 Å². The Morgan fingerprint density at radius 3 is 2.72 bits per heavy atom. The highest BCUT2D eigenvalue weighted by Crippen LogP contribution is 2.68. The summed E-state index contributed by atoms with van der Waals surface area (Å²) in [4.78, 5) is 14.1. The van der Waals surface area contributed by atoms with Gasteiger partial charge in [-0.15, -0.1) is 0 Å². The summed E-state index contributed by atoms with van der Waals surface area (Å²) in [6, 6.07) is 9.10. The van der Waals surface area contributed by atoms with Gasteiger partial charge in [-0.05, 0) is 87.5 Å². The Morgan fingerprint density at radius 1 is 1.18 bits per heavy atom. The van der Waals surface area contributed by atoms with E-state index in [0.29, 0.717) is 18.4 Å². The Bertz CT molecular complexity index is 1280. The maximum atomic E-state index is 10.2. The fourth-order valence-electron chi connectivity index (χ4n) is 8.75. The lowest BCUT2D eigenvalue weighted by molar-refractivity contribution is -0.200. The molecule has 212 valence electrons. The van der Waals surface area contributed by atoms with E-state index in [9.17, 15) is 4.79 Å². The van der Waals surface area contributed by atoms with E-state index in [-0.39, 0.29) is 29.1 Å². The summed E-state index contributed by atoms with van der Waals surface area (Å²) in [5.41, 5.74) is 5.84. The number of aromatic nitrogens is 1. The molecule has 1 aromatic heterocycles. The molecule has 2 bridgehead atoms. The Labute approximate surface area is 232 Å². The molecule has 0 radical (unpaired) electrons. The minimum Gasteiger partial charge on any atom is -0.387 e. The number of likely N-dealkylation sites (N-methyl/N-ethyl adjacent to an activating group) is 1. The van der Waals surface area contributed by atoms with Crippen molar-refractivity contribution in [2.45, 2.75) is 95.7 Å². The number of hydrogen-bond acceptors (Lipinski definition) is 5. The van der Waals surface area contributed by atoms with Crippen LogP contribution >= 0.6 is 0 Å². The van der Waals surface area contributed by atoms with Crippen LogP contribution in [0.15, 0.2) is 35.9 Å². The van der Waals surface area contributed by atoms with Crippen LogP contribution in [0.25, 0.3) is 10.9 Å². The first kappa shape index (κ1) is 27.0. The predicted octanol–water partition coefficient (Wildman–Crippen LogP) is 4.56. The molecular weight excluding hydrogens is 490 g/mol. The van der Waals surface area contributed by atoms with Crippen molar-refractivity contribution in [3.63, 3.8) is 0 Å². The van der Waals surface area contributed by atoms with E-state index in [1.54, 1.807) is 5.56 Å². The maximum Gasteiger partial charge on any atom is 0.245 e. The molecule has 1 saturated heterocycles. The number of rotatable bonds is 4. The van der Waals surface area contributed by atoms with Gasteiger partial charge in [0.15, 0.2) is 5.79 Å². The fourth-order valence-corrected chi connectivity index (χ4v) is 8.75. The smallest absolute Gasteiger partial charge is 0.245 e. The van der Waals surface area contributed by atoms with Crippen molar-refractivity contribution in [1.29, 1.82) is 0 Å². The second kappa shape index (κ2) is 9.72. The van der Waals surface area contributed by atoms with E-state index in [4.69, 9.17) is 14.6 Å². The molecule has 2 aromatic rings. The second-order valence-corrected chi connectivity index (χ2v) is 13.1. The van der Waals surface area contributed by atoms with E-state index in [2.05, 4.69) is 73.8 Å². The van der Waals surface area contributed by atoms with Crippen LogP contribution in [-0.4, -0.2) is 59.7 Å². The Hall–Kier alpha value is -2.19. The number of aromatic amines is 1. The highest BCUT2D eigenvalue weighted by atomic mass is 16.8. The molecule has 2 saturated carbocycles. The maximum absolute atomic E-state index is 10.2. The van der Waals surface area contributed by atoms with Gasteiger partial charge < -0.3 is 30.2 Å². The summed E-state index contributed by atoms with van der Waals surface area (Å²) in [5, 5.41) is 15.6. The molecule has 7 unspecified atom stereocenters. The summed E-state index contributed by atoms with van der Waals surface area (Å²) >= 11 is 0. The number of carbonyl (C=O) groups excluding carboxylic acids is 1. The summed E-state index contributed by atoms with van der Waals surface area (Å²) in [7, 11) is 2.05. The molecule has 2 aliphatic heterocycles. The molecule has 1 spiro atoms. The molecule has 7 heteroatoms. The standard InChI is InChI=1S/C27H34N2O2.C5H11NO2/c1-25(2)24-21(28-4)14-19-18-10-9-15-13-17-16-7-5-6-8-20(16)29-23(17)22(15)26(18,3)11-12-27(19,30-24)31-25;1-2-3-6-5(8)4-7/h5-8,14-15,18,21-22,24,28-29H,9-13H2,1-4H3;7H,2-4H2,1H3,(H,6,8). The first-order chi connectivity index (χ1) is 18.7. The van der Waals surface area contributed by atoms with Crippen LogP contribution in [0.3, 0.4) is 0 Å². The third-order valence-corrected chi connectivity index (χ3v) is 10.4. The molecule has 4 N–H and O–H groups in total. The first-order valence-electron chi connectivity index (χ1n) is 14.9. The third kappa shape index (κ3) is 4.11. The number of aliphatic hydroxyl groups excluding tert-OH is 1. The molecule has 7 rings (SSSR count). The van der Waals surface area contributed by atoms with Crippen LogP contribution in [0.5, 0.6) is 0 Å². The molecule has 7 atom stereocenters. The van der Waals surface area contributed by atoms with E-state index >= 15 is 0 Å². The fraction of sp³-hybridized carbons (Fsp3) is 0.656. The van der Waals surface area contributed by atoms with Crippen LogP contribution in [0.1, 0.15) is 77.0 Å². The number of aliphatic hydroxyl groups is 1. The van der Waals surface area contributed by atoms with Crippen LogP contribution in [0.4, 0.5) is 0 Å². The number of ether oxygens (including phenoxy) is 2. The summed E-state index contributed by atoms with van der Waals surface area (Å²) in [6.07, 6.45) is 9.41.